The molecule has 3 amide bonds. The maximum absolute atomic E-state index is 14.4. The molecular weight excluding hydrogens is 514 g/mol. The van der Waals surface area contributed by atoms with Crippen LogP contribution in [-0.2, 0) is 37.4 Å². The van der Waals surface area contributed by atoms with Gasteiger partial charge in [-0.3, -0.25) is 14.2 Å². The normalized spacial score (nSPS) is 16.0. The summed E-state index contributed by atoms with van der Waals surface area (Å²) >= 11 is 0. The molecule has 2 N–H and O–H groups in total. The molecule has 8 nitrogen and oxygen atoms in total. The summed E-state index contributed by atoms with van der Waals surface area (Å²) in [6.45, 7) is 9.53. The van der Waals surface area contributed by atoms with Crippen LogP contribution >= 0.6 is 0 Å². The van der Waals surface area contributed by atoms with E-state index in [1.54, 1.807) is 0 Å². The smallest absolute Gasteiger partial charge is 0.323 e. The van der Waals surface area contributed by atoms with E-state index in [2.05, 4.69) is 19.1 Å². The Morgan fingerprint density at radius 3 is 2.20 bits per heavy atom. The van der Waals surface area contributed by atoms with Crippen molar-refractivity contribution < 1.29 is 14.4 Å². The number of hydrogen-bond acceptors (Lipinski definition) is 3. The molecule has 2 aliphatic heterocycles. The summed E-state index contributed by atoms with van der Waals surface area (Å²) in [6, 6.07) is 15.4. The van der Waals surface area contributed by atoms with Crippen LogP contribution in [0.25, 0.3) is 11.3 Å². The number of hydrogen-bond donors (Lipinski definition) is 1. The molecule has 0 unspecified atom stereocenters. The molecule has 4 heterocycles. The molecule has 41 heavy (non-hydrogen) atoms. The minimum Gasteiger partial charge on any atom is -0.351 e. The Hall–Kier alpha value is -4.59. The molecule has 0 bridgehead atoms. The van der Waals surface area contributed by atoms with Crippen molar-refractivity contribution in [2.75, 3.05) is 0 Å². The molecule has 8 heteroatoms. The highest BCUT2D eigenvalue weighted by molar-refractivity contribution is 6.03. The fourth-order valence-electron chi connectivity index (χ4n) is 6.39. The number of fused-ring (bicyclic) bond motifs is 2. The van der Waals surface area contributed by atoms with Crippen molar-refractivity contribution in [2.24, 2.45) is 5.73 Å². The zero-order valence-electron chi connectivity index (χ0n) is 24.0. The second-order valence-corrected chi connectivity index (χ2v) is 11.4. The van der Waals surface area contributed by atoms with Crippen molar-refractivity contribution in [3.05, 3.63) is 106 Å². The second kappa shape index (κ2) is 10.1. The van der Waals surface area contributed by atoms with Crippen molar-refractivity contribution in [3.8, 4) is 11.3 Å². The molecule has 4 aromatic rings. The lowest BCUT2D eigenvalue weighted by Gasteiger charge is -2.35. The lowest BCUT2D eigenvalue weighted by molar-refractivity contribution is -0.132. The number of aromatic nitrogens is 2. The number of amides is 3. The average Bonchev–Trinajstić information content (AvgIpc) is 3.67. The molecule has 0 radical (unpaired) electrons. The third kappa shape index (κ3) is 4.53. The monoisotopic (exact) mass is 549 g/mol. The quantitative estimate of drug-likeness (QED) is 0.391. The van der Waals surface area contributed by atoms with Crippen LogP contribution in [0.2, 0.25) is 0 Å². The van der Waals surface area contributed by atoms with Crippen molar-refractivity contribution in [3.63, 3.8) is 0 Å². The van der Waals surface area contributed by atoms with Gasteiger partial charge < -0.3 is 20.1 Å². The first-order valence-electron chi connectivity index (χ1n) is 14.0. The van der Waals surface area contributed by atoms with Crippen LogP contribution in [0.3, 0.4) is 0 Å². The van der Waals surface area contributed by atoms with Gasteiger partial charge in [0, 0.05) is 54.9 Å². The molecule has 210 valence electrons. The van der Waals surface area contributed by atoms with E-state index in [1.807, 2.05) is 83.9 Å². The number of benzene rings is 2. The standard InChI is InChI=1S/C33H35N5O3/c1-20-13-24-9-5-6-10-25(24)18-37(20)32(40)29-15-27-17-36(30(39)19-35-11-7-8-12-35)16-26(27)14-28(29)31-22(3)21(2)23(4)38(31)33(34)41/h5-12,14-15,20H,13,16-19H2,1-4H3,(H2,34,41)/t20-/m1/s1. The molecule has 2 aliphatic rings. The highest BCUT2D eigenvalue weighted by Gasteiger charge is 2.33. The van der Waals surface area contributed by atoms with Crippen LogP contribution in [0, 0.1) is 20.8 Å². The number of primary amides is 1. The van der Waals surface area contributed by atoms with Gasteiger partial charge in [0.2, 0.25) is 5.91 Å². The fourth-order valence-corrected chi connectivity index (χ4v) is 6.39. The van der Waals surface area contributed by atoms with E-state index in [1.165, 1.54) is 10.1 Å². The summed E-state index contributed by atoms with van der Waals surface area (Å²) in [5.41, 5.74) is 14.7. The number of carbonyl (C=O) groups excluding carboxylic acids is 3. The largest absolute Gasteiger partial charge is 0.351 e. The van der Waals surface area contributed by atoms with Gasteiger partial charge in [0.15, 0.2) is 0 Å². The lowest BCUT2D eigenvalue weighted by atomic mass is 9.91. The number of nitrogens with zero attached hydrogens (tertiary/aromatic N) is 4. The van der Waals surface area contributed by atoms with Crippen LogP contribution in [0.1, 0.15) is 56.4 Å². The van der Waals surface area contributed by atoms with E-state index in [9.17, 15) is 14.4 Å². The Morgan fingerprint density at radius 2 is 1.51 bits per heavy atom. The van der Waals surface area contributed by atoms with Gasteiger partial charge in [-0.1, -0.05) is 24.3 Å². The molecule has 2 aromatic carbocycles. The summed E-state index contributed by atoms with van der Waals surface area (Å²) in [5.74, 6) is -0.0784. The predicted octanol–water partition coefficient (Wildman–Crippen LogP) is 4.94. The van der Waals surface area contributed by atoms with Gasteiger partial charge in [-0.15, -0.1) is 0 Å². The SMILES string of the molecule is Cc1c(C)c(-c2cc3c(cc2C(=O)N2Cc4ccccc4C[C@H]2C)CN(C(=O)Cn2cccc2)C3)n(C(N)=O)c1C. The summed E-state index contributed by atoms with van der Waals surface area (Å²) < 4.78 is 3.37. The Morgan fingerprint density at radius 1 is 0.854 bits per heavy atom. The van der Waals surface area contributed by atoms with Gasteiger partial charge in [-0.25, -0.2) is 4.79 Å². The molecule has 0 aliphatic carbocycles. The van der Waals surface area contributed by atoms with Crippen LogP contribution in [-0.4, -0.2) is 42.8 Å². The zero-order chi connectivity index (χ0) is 29.0. The highest BCUT2D eigenvalue weighted by atomic mass is 16.2. The summed E-state index contributed by atoms with van der Waals surface area (Å²) in [7, 11) is 0. The highest BCUT2D eigenvalue weighted by Crippen LogP contribution is 2.38. The first kappa shape index (κ1) is 26.6. The van der Waals surface area contributed by atoms with Crippen molar-refractivity contribution in [2.45, 2.75) is 66.3 Å². The molecule has 1 atom stereocenters. The molecule has 6 rings (SSSR count). The van der Waals surface area contributed by atoms with Gasteiger partial charge in [-0.05, 0) is 91.8 Å². The van der Waals surface area contributed by atoms with Crippen LogP contribution in [0.4, 0.5) is 4.79 Å². The summed E-state index contributed by atoms with van der Waals surface area (Å²) in [5, 5.41) is 0. The minimum absolute atomic E-state index is 0.00523. The van der Waals surface area contributed by atoms with Gasteiger partial charge in [-0.2, -0.15) is 0 Å². The average molecular weight is 550 g/mol. The van der Waals surface area contributed by atoms with Gasteiger partial charge in [0.25, 0.3) is 5.91 Å². The maximum atomic E-state index is 14.4. The lowest BCUT2D eigenvalue weighted by Crippen LogP contribution is -2.42. The summed E-state index contributed by atoms with van der Waals surface area (Å²) in [4.78, 5) is 44.1. The first-order valence-corrected chi connectivity index (χ1v) is 14.0. The predicted molar refractivity (Wildman–Crippen MR) is 157 cm³/mol. The molecule has 0 saturated heterocycles. The Labute approximate surface area is 240 Å². The first-order chi connectivity index (χ1) is 19.6. The topological polar surface area (TPSA) is 93.6 Å². The minimum atomic E-state index is -0.587. The second-order valence-electron chi connectivity index (χ2n) is 11.4. The number of carbonyl (C=O) groups is 3. The molecular formula is C33H35N5O3. The van der Waals surface area contributed by atoms with E-state index in [0.717, 1.165) is 39.9 Å². The van der Waals surface area contributed by atoms with Gasteiger partial charge >= 0.3 is 6.03 Å². The van der Waals surface area contributed by atoms with Crippen molar-refractivity contribution in [1.82, 2.24) is 18.9 Å². The Kier molecular flexibility index (Phi) is 6.56. The Balaban J connectivity index is 1.45. The van der Waals surface area contributed by atoms with Gasteiger partial charge in [0.05, 0.1) is 5.69 Å². The third-order valence-electron chi connectivity index (χ3n) is 8.89. The van der Waals surface area contributed by atoms with Crippen molar-refractivity contribution >= 4 is 17.8 Å². The fraction of sp³-hybridized carbons (Fsp3) is 0.303. The summed E-state index contributed by atoms with van der Waals surface area (Å²) in [6.07, 6.45) is 4.53. The number of nitrogens with two attached hydrogens (primary N) is 1. The van der Waals surface area contributed by atoms with Crippen LogP contribution in [0.15, 0.2) is 60.9 Å². The molecule has 0 spiro atoms. The van der Waals surface area contributed by atoms with E-state index in [0.29, 0.717) is 36.5 Å². The number of rotatable bonds is 4. The molecule has 0 fully saturated rings. The van der Waals surface area contributed by atoms with Gasteiger partial charge in [0.1, 0.15) is 6.54 Å². The van der Waals surface area contributed by atoms with Crippen LogP contribution < -0.4 is 5.73 Å². The molecule has 0 saturated carbocycles. The van der Waals surface area contributed by atoms with E-state index in [4.69, 9.17) is 5.73 Å². The van der Waals surface area contributed by atoms with Crippen molar-refractivity contribution in [1.29, 1.82) is 0 Å². The third-order valence-corrected chi connectivity index (χ3v) is 8.89. The van der Waals surface area contributed by atoms with E-state index < -0.39 is 6.03 Å². The molecule has 2 aromatic heterocycles. The maximum Gasteiger partial charge on any atom is 0.323 e. The zero-order valence-corrected chi connectivity index (χ0v) is 24.0. The van der Waals surface area contributed by atoms with E-state index in [-0.39, 0.29) is 24.4 Å². The van der Waals surface area contributed by atoms with Crippen LogP contribution in [0.5, 0.6) is 0 Å². The Bertz CT molecular complexity index is 1700. The van der Waals surface area contributed by atoms with E-state index >= 15 is 0 Å².